The minimum atomic E-state index is -0.116. The van der Waals surface area contributed by atoms with Gasteiger partial charge in [-0.2, -0.15) is 0 Å². The van der Waals surface area contributed by atoms with Crippen molar-refractivity contribution >= 4 is 45.8 Å². The summed E-state index contributed by atoms with van der Waals surface area (Å²) in [5, 5.41) is 6.04. The Kier molecular flexibility index (Phi) is 4.05. The van der Waals surface area contributed by atoms with Crippen LogP contribution in [0.3, 0.4) is 0 Å². The Labute approximate surface area is 259 Å². The molecule has 0 fully saturated rings. The van der Waals surface area contributed by atoms with Gasteiger partial charge in [0.2, 0.25) is 0 Å². The van der Waals surface area contributed by atoms with E-state index in [1.807, 2.05) is 0 Å². The molecule has 0 bridgehead atoms. The van der Waals surface area contributed by atoms with Crippen LogP contribution in [0.5, 0.6) is 0 Å². The lowest BCUT2D eigenvalue weighted by molar-refractivity contribution is 0.598. The predicted molar refractivity (Wildman–Crippen MR) is 188 cm³/mol. The van der Waals surface area contributed by atoms with Gasteiger partial charge in [-0.15, -0.1) is 0 Å². The fraction of sp³-hybridized carbons (Fsp3) is 0.227. The highest BCUT2D eigenvalue weighted by molar-refractivity contribution is 6.13. The van der Waals surface area contributed by atoms with Crippen molar-refractivity contribution in [2.75, 3.05) is 0 Å². The number of hydrogen-bond acceptors (Lipinski definition) is 0. The number of benzene rings is 5. The van der Waals surface area contributed by atoms with E-state index < -0.39 is 0 Å². The third-order valence-corrected chi connectivity index (χ3v) is 12.2. The van der Waals surface area contributed by atoms with Crippen LogP contribution in [-0.2, 0) is 36.5 Å². The molecule has 44 heavy (non-hydrogen) atoms. The Morgan fingerprint density at radius 3 is 1.55 bits per heavy atom. The lowest BCUT2D eigenvalue weighted by Gasteiger charge is -2.33. The molecule has 0 heteroatoms. The van der Waals surface area contributed by atoms with Gasteiger partial charge in [-0.25, -0.2) is 0 Å². The molecule has 6 aliphatic rings. The fourth-order valence-corrected chi connectivity index (χ4v) is 10.7. The normalized spacial score (nSPS) is 19.0. The molecule has 0 unspecified atom stereocenters. The Hall–Kier alpha value is -4.42. The molecular formula is C44H34. The second kappa shape index (κ2) is 7.44. The van der Waals surface area contributed by atoms with Crippen LogP contribution in [0.15, 0.2) is 60.7 Å². The molecule has 0 nitrogen and oxygen atoms in total. The van der Waals surface area contributed by atoms with Crippen molar-refractivity contribution in [3.05, 3.63) is 127 Å². The molecule has 0 spiro atoms. The standard InChI is InChI=1S/C44H34/c1-43(2)39-29-15-7-11-25-19-17-23-9-5-13-27(33(23)35(25)29)37(39)31-21-22-32-38-28-14-6-10-24-18-20-26-12-8-16-30(36(26)34(24)28)40(38)44(3,4)42(32)41(31)43/h5-8,11,13-14,16-22H,9-10,12,15H2,1-4H3. The van der Waals surface area contributed by atoms with Gasteiger partial charge in [0.25, 0.3) is 0 Å². The van der Waals surface area contributed by atoms with Crippen LogP contribution >= 0.6 is 0 Å². The SMILES string of the molecule is CC1(C)c2c(ccc3c2C(C)(C)c2c-3c3c4c(ccc5c4c2CC=C5)CC=C3)-c2c1c1c3c(ccc4c3c2C=CC4)CC=C1. The van der Waals surface area contributed by atoms with E-state index in [1.165, 1.54) is 88.3 Å². The molecule has 11 rings (SSSR count). The van der Waals surface area contributed by atoms with Gasteiger partial charge in [-0.3, -0.25) is 0 Å². The molecule has 0 amide bonds. The minimum Gasteiger partial charge on any atom is -0.0795 e. The van der Waals surface area contributed by atoms with Crippen molar-refractivity contribution in [2.45, 2.75) is 64.2 Å². The predicted octanol–water partition coefficient (Wildman–Crippen LogP) is 10.9. The molecule has 210 valence electrons. The van der Waals surface area contributed by atoms with Crippen LogP contribution in [0.1, 0.15) is 94.5 Å². The van der Waals surface area contributed by atoms with E-state index in [9.17, 15) is 0 Å². The summed E-state index contributed by atoms with van der Waals surface area (Å²) in [7, 11) is 0. The lowest BCUT2D eigenvalue weighted by Crippen LogP contribution is -2.26. The first-order valence-corrected chi connectivity index (χ1v) is 16.5. The van der Waals surface area contributed by atoms with E-state index in [-0.39, 0.29) is 10.8 Å². The second-order valence-electron chi connectivity index (χ2n) is 15.0. The molecule has 0 radical (unpaired) electrons. The van der Waals surface area contributed by atoms with Crippen molar-refractivity contribution in [3.8, 4) is 22.3 Å². The van der Waals surface area contributed by atoms with Crippen LogP contribution in [0.2, 0.25) is 0 Å². The molecular weight excluding hydrogens is 528 g/mol. The highest BCUT2D eigenvalue weighted by atomic mass is 14.5. The van der Waals surface area contributed by atoms with Crippen molar-refractivity contribution in [1.29, 1.82) is 0 Å². The molecule has 0 aliphatic heterocycles. The Bertz CT molecular complexity index is 2410. The molecule has 0 atom stereocenters. The zero-order chi connectivity index (χ0) is 29.3. The second-order valence-corrected chi connectivity index (χ2v) is 15.0. The number of hydrogen-bond donors (Lipinski definition) is 0. The zero-order valence-electron chi connectivity index (χ0n) is 25.9. The molecule has 5 aromatic rings. The average molecular weight is 563 g/mol. The van der Waals surface area contributed by atoms with Crippen LogP contribution in [0.4, 0.5) is 0 Å². The summed E-state index contributed by atoms with van der Waals surface area (Å²) < 4.78 is 0. The topological polar surface area (TPSA) is 0 Å². The highest BCUT2D eigenvalue weighted by Crippen LogP contribution is 2.64. The summed E-state index contributed by atoms with van der Waals surface area (Å²) in [4.78, 5) is 0. The first-order valence-electron chi connectivity index (χ1n) is 16.5. The van der Waals surface area contributed by atoms with Crippen molar-refractivity contribution in [3.63, 3.8) is 0 Å². The zero-order valence-corrected chi connectivity index (χ0v) is 25.9. The molecule has 6 aliphatic carbocycles. The van der Waals surface area contributed by atoms with Crippen LogP contribution < -0.4 is 0 Å². The summed E-state index contributed by atoms with van der Waals surface area (Å²) >= 11 is 0. The van der Waals surface area contributed by atoms with Crippen LogP contribution in [-0.4, -0.2) is 0 Å². The molecule has 0 N–H and O–H groups in total. The summed E-state index contributed by atoms with van der Waals surface area (Å²) in [5.41, 5.74) is 23.7. The monoisotopic (exact) mass is 562 g/mol. The van der Waals surface area contributed by atoms with Gasteiger partial charge in [0, 0.05) is 10.8 Å². The van der Waals surface area contributed by atoms with Crippen molar-refractivity contribution in [2.24, 2.45) is 0 Å². The van der Waals surface area contributed by atoms with Crippen molar-refractivity contribution < 1.29 is 0 Å². The quantitative estimate of drug-likeness (QED) is 0.176. The smallest absolute Gasteiger partial charge is 0.0168 e. The van der Waals surface area contributed by atoms with Gasteiger partial charge < -0.3 is 0 Å². The highest BCUT2D eigenvalue weighted by Gasteiger charge is 2.49. The number of fused-ring (bicyclic) bond motifs is 11. The van der Waals surface area contributed by atoms with Gasteiger partial charge >= 0.3 is 0 Å². The molecule has 5 aromatic carbocycles. The van der Waals surface area contributed by atoms with E-state index in [2.05, 4.69) is 113 Å². The summed E-state index contributed by atoms with van der Waals surface area (Å²) in [6, 6.07) is 14.6. The van der Waals surface area contributed by atoms with E-state index in [0.717, 1.165) is 25.7 Å². The van der Waals surface area contributed by atoms with Gasteiger partial charge in [0.15, 0.2) is 0 Å². The first-order chi connectivity index (χ1) is 21.4. The Balaban J connectivity index is 1.30. The largest absolute Gasteiger partial charge is 0.0795 e. The maximum Gasteiger partial charge on any atom is 0.0168 e. The first kappa shape index (κ1) is 24.0. The van der Waals surface area contributed by atoms with E-state index in [0.29, 0.717) is 0 Å². The Morgan fingerprint density at radius 2 is 0.909 bits per heavy atom. The minimum absolute atomic E-state index is 0.102. The molecule has 0 saturated carbocycles. The molecule has 0 saturated heterocycles. The molecule has 0 heterocycles. The average Bonchev–Trinajstić information content (AvgIpc) is 3.43. The lowest BCUT2D eigenvalue weighted by atomic mass is 9.69. The number of allylic oxidation sites excluding steroid dienone is 4. The van der Waals surface area contributed by atoms with Gasteiger partial charge in [-0.1, -0.05) is 113 Å². The maximum atomic E-state index is 2.53. The summed E-state index contributed by atoms with van der Waals surface area (Å²) in [6.07, 6.45) is 23.4. The third-order valence-electron chi connectivity index (χ3n) is 12.2. The van der Waals surface area contributed by atoms with E-state index in [1.54, 1.807) is 22.3 Å². The van der Waals surface area contributed by atoms with Gasteiger partial charge in [0.1, 0.15) is 0 Å². The summed E-state index contributed by atoms with van der Waals surface area (Å²) in [5.74, 6) is 0. The summed E-state index contributed by atoms with van der Waals surface area (Å²) in [6.45, 7) is 10.1. The molecule has 0 aromatic heterocycles. The third kappa shape index (κ3) is 2.47. The van der Waals surface area contributed by atoms with Crippen LogP contribution in [0, 0.1) is 0 Å². The van der Waals surface area contributed by atoms with Gasteiger partial charge in [-0.05, 0) is 136 Å². The fourth-order valence-electron chi connectivity index (χ4n) is 10.7. The van der Waals surface area contributed by atoms with Gasteiger partial charge in [0.05, 0.1) is 0 Å². The number of rotatable bonds is 0. The Morgan fingerprint density at radius 1 is 0.432 bits per heavy atom. The maximum absolute atomic E-state index is 2.53. The van der Waals surface area contributed by atoms with E-state index >= 15 is 0 Å². The van der Waals surface area contributed by atoms with E-state index in [4.69, 9.17) is 0 Å². The van der Waals surface area contributed by atoms with Crippen LogP contribution in [0.25, 0.3) is 68.1 Å². The van der Waals surface area contributed by atoms with Crippen molar-refractivity contribution in [1.82, 2.24) is 0 Å².